The maximum atomic E-state index is 10.9. The summed E-state index contributed by atoms with van der Waals surface area (Å²) < 4.78 is 0. The Kier molecular flexibility index (Phi) is 4.31. The number of benzene rings is 1. The van der Waals surface area contributed by atoms with Crippen molar-refractivity contribution < 1.29 is 14.8 Å². The van der Waals surface area contributed by atoms with Gasteiger partial charge in [0.1, 0.15) is 5.69 Å². The Morgan fingerprint density at radius 3 is 2.68 bits per heavy atom. The third-order valence-electron chi connectivity index (χ3n) is 2.86. The first kappa shape index (κ1) is 14.7. The molecule has 0 bridgehead atoms. The first-order chi connectivity index (χ1) is 8.74. The van der Waals surface area contributed by atoms with Gasteiger partial charge in [0.25, 0.3) is 5.69 Å². The van der Waals surface area contributed by atoms with Crippen molar-refractivity contribution in [3.05, 3.63) is 28.3 Å². The van der Waals surface area contributed by atoms with Gasteiger partial charge in [-0.15, -0.1) is 0 Å². The van der Waals surface area contributed by atoms with Crippen molar-refractivity contribution in [2.24, 2.45) is 5.41 Å². The normalized spacial score (nSPS) is 11.1. The Balaban J connectivity index is 2.75. The number of nitrogen functional groups attached to an aromatic ring is 1. The maximum Gasteiger partial charge on any atom is 0.309 e. The molecule has 0 amide bonds. The predicted octanol–water partition coefficient (Wildman–Crippen LogP) is 2.09. The fourth-order valence-electron chi connectivity index (χ4n) is 1.47. The number of nitro benzene ring substituents is 1. The second kappa shape index (κ2) is 5.55. The van der Waals surface area contributed by atoms with Gasteiger partial charge in [-0.25, -0.2) is 0 Å². The van der Waals surface area contributed by atoms with Crippen molar-refractivity contribution in [3.8, 4) is 0 Å². The zero-order valence-corrected chi connectivity index (χ0v) is 10.8. The second-order valence-electron chi connectivity index (χ2n) is 4.90. The highest BCUT2D eigenvalue weighted by Crippen LogP contribution is 2.27. The Morgan fingerprint density at radius 2 is 2.16 bits per heavy atom. The molecular weight excluding hydrogens is 250 g/mol. The minimum Gasteiger partial charge on any atom is -0.481 e. The average molecular weight is 267 g/mol. The molecule has 0 aromatic heterocycles. The molecule has 0 saturated carbocycles. The van der Waals surface area contributed by atoms with Crippen LogP contribution in [0.4, 0.5) is 17.1 Å². The van der Waals surface area contributed by atoms with Crippen molar-refractivity contribution in [1.29, 1.82) is 0 Å². The monoisotopic (exact) mass is 267 g/mol. The van der Waals surface area contributed by atoms with Crippen LogP contribution in [0.2, 0.25) is 0 Å². The summed E-state index contributed by atoms with van der Waals surface area (Å²) in [5.74, 6) is -0.906. The molecule has 0 aliphatic carbocycles. The molecule has 0 radical (unpaired) electrons. The van der Waals surface area contributed by atoms with Crippen molar-refractivity contribution >= 4 is 23.0 Å². The van der Waals surface area contributed by atoms with Crippen molar-refractivity contribution in [2.75, 3.05) is 17.6 Å². The highest BCUT2D eigenvalue weighted by molar-refractivity contribution is 5.73. The van der Waals surface area contributed by atoms with Crippen LogP contribution in [0.15, 0.2) is 18.2 Å². The molecule has 0 aliphatic rings. The maximum absolute atomic E-state index is 10.9. The van der Waals surface area contributed by atoms with E-state index in [1.807, 2.05) is 0 Å². The molecule has 0 unspecified atom stereocenters. The van der Waals surface area contributed by atoms with Gasteiger partial charge in [-0.05, 0) is 32.4 Å². The third kappa shape index (κ3) is 3.84. The fraction of sp³-hybridized carbons (Fsp3) is 0.417. The number of carboxylic acids is 1. The van der Waals surface area contributed by atoms with Crippen LogP contribution in [0, 0.1) is 15.5 Å². The number of nitrogens with two attached hydrogens (primary N) is 1. The van der Waals surface area contributed by atoms with Crippen molar-refractivity contribution in [1.82, 2.24) is 0 Å². The van der Waals surface area contributed by atoms with E-state index in [9.17, 15) is 14.9 Å². The summed E-state index contributed by atoms with van der Waals surface area (Å²) in [6.07, 6.45) is 0.342. The van der Waals surface area contributed by atoms with Gasteiger partial charge in [-0.3, -0.25) is 14.9 Å². The number of hydrogen-bond donors (Lipinski definition) is 3. The zero-order chi connectivity index (χ0) is 14.6. The van der Waals surface area contributed by atoms with Gasteiger partial charge in [0.2, 0.25) is 0 Å². The molecule has 19 heavy (non-hydrogen) atoms. The number of rotatable bonds is 6. The third-order valence-corrected chi connectivity index (χ3v) is 2.86. The van der Waals surface area contributed by atoms with E-state index in [4.69, 9.17) is 10.8 Å². The number of carboxylic acid groups (broad SMARTS) is 1. The first-order valence-corrected chi connectivity index (χ1v) is 5.75. The topological polar surface area (TPSA) is 118 Å². The number of nitro groups is 1. The second-order valence-corrected chi connectivity index (χ2v) is 4.90. The predicted molar refractivity (Wildman–Crippen MR) is 72.0 cm³/mol. The summed E-state index contributed by atoms with van der Waals surface area (Å²) in [6, 6.07) is 4.23. The fourth-order valence-corrected chi connectivity index (χ4v) is 1.47. The summed E-state index contributed by atoms with van der Waals surface area (Å²) in [5, 5.41) is 22.7. The van der Waals surface area contributed by atoms with E-state index in [2.05, 4.69) is 5.32 Å². The first-order valence-electron chi connectivity index (χ1n) is 5.75. The molecule has 0 heterocycles. The van der Waals surface area contributed by atoms with E-state index in [1.54, 1.807) is 13.8 Å². The Bertz CT molecular complexity index is 500. The summed E-state index contributed by atoms with van der Waals surface area (Å²) in [6.45, 7) is 3.51. The quantitative estimate of drug-likeness (QED) is 0.412. The largest absolute Gasteiger partial charge is 0.481 e. The van der Waals surface area contributed by atoms with Crippen molar-refractivity contribution in [3.63, 3.8) is 0 Å². The molecule has 0 saturated heterocycles. The number of hydrogen-bond acceptors (Lipinski definition) is 5. The van der Waals surface area contributed by atoms with Gasteiger partial charge >= 0.3 is 5.97 Å². The lowest BCUT2D eigenvalue weighted by molar-refractivity contribution is -0.383. The van der Waals surface area contributed by atoms with Crippen LogP contribution in [-0.2, 0) is 4.79 Å². The van der Waals surface area contributed by atoms with Crippen LogP contribution in [0.5, 0.6) is 0 Å². The highest BCUT2D eigenvalue weighted by Gasteiger charge is 2.26. The average Bonchev–Trinajstić information content (AvgIpc) is 2.28. The molecule has 1 aromatic rings. The molecule has 4 N–H and O–H groups in total. The number of nitrogens with zero attached hydrogens (tertiary/aromatic N) is 1. The molecule has 7 heteroatoms. The highest BCUT2D eigenvalue weighted by atomic mass is 16.6. The van der Waals surface area contributed by atoms with Gasteiger partial charge in [-0.2, -0.15) is 0 Å². The number of anilines is 2. The van der Waals surface area contributed by atoms with Crippen LogP contribution in [0.3, 0.4) is 0 Å². The van der Waals surface area contributed by atoms with Crippen LogP contribution < -0.4 is 11.1 Å². The molecule has 0 atom stereocenters. The summed E-state index contributed by atoms with van der Waals surface area (Å²) in [7, 11) is 0. The molecule has 104 valence electrons. The zero-order valence-electron chi connectivity index (χ0n) is 10.8. The Labute approximate surface area is 110 Å². The molecule has 1 rings (SSSR count). The van der Waals surface area contributed by atoms with E-state index in [0.717, 1.165) is 0 Å². The molecular formula is C12H17N3O4. The minimum atomic E-state index is -0.906. The van der Waals surface area contributed by atoms with E-state index < -0.39 is 16.3 Å². The van der Waals surface area contributed by atoms with Gasteiger partial charge in [0, 0.05) is 18.3 Å². The van der Waals surface area contributed by atoms with Crippen LogP contribution in [0.1, 0.15) is 20.3 Å². The lowest BCUT2D eigenvalue weighted by atomic mass is 9.89. The van der Waals surface area contributed by atoms with Gasteiger partial charge in [0.05, 0.1) is 10.3 Å². The Hall–Kier alpha value is -2.31. The number of carbonyl (C=O) groups is 1. The van der Waals surface area contributed by atoms with E-state index >= 15 is 0 Å². The van der Waals surface area contributed by atoms with Crippen LogP contribution >= 0.6 is 0 Å². The van der Waals surface area contributed by atoms with E-state index in [-0.39, 0.29) is 5.69 Å². The summed E-state index contributed by atoms with van der Waals surface area (Å²) in [4.78, 5) is 21.3. The smallest absolute Gasteiger partial charge is 0.309 e. The molecule has 0 spiro atoms. The molecule has 1 aromatic carbocycles. The van der Waals surface area contributed by atoms with Gasteiger partial charge in [0.15, 0.2) is 0 Å². The Morgan fingerprint density at radius 1 is 1.53 bits per heavy atom. The van der Waals surface area contributed by atoms with Gasteiger partial charge in [-0.1, -0.05) is 0 Å². The van der Waals surface area contributed by atoms with Crippen molar-refractivity contribution in [2.45, 2.75) is 20.3 Å². The minimum absolute atomic E-state index is 0.0812. The van der Waals surface area contributed by atoms with Gasteiger partial charge < -0.3 is 16.2 Å². The number of aliphatic carboxylic acids is 1. The summed E-state index contributed by atoms with van der Waals surface area (Å²) >= 11 is 0. The molecule has 0 aliphatic heterocycles. The molecule has 0 fully saturated rings. The van der Waals surface area contributed by atoms with E-state index in [1.165, 1.54) is 18.2 Å². The number of nitrogens with one attached hydrogen (secondary N) is 1. The van der Waals surface area contributed by atoms with E-state index in [0.29, 0.717) is 24.3 Å². The van der Waals surface area contributed by atoms with Crippen LogP contribution in [-0.4, -0.2) is 22.5 Å². The SMILES string of the molecule is CC(C)(CCNc1cc(N)ccc1[N+](=O)[O-])C(=O)O. The molecule has 7 nitrogen and oxygen atoms in total. The standard InChI is InChI=1S/C12H17N3O4/c1-12(2,11(16)17)5-6-14-9-7-8(13)3-4-10(9)15(18)19/h3-4,7,14H,5-6,13H2,1-2H3,(H,16,17). The lowest BCUT2D eigenvalue weighted by Crippen LogP contribution is -2.26. The lowest BCUT2D eigenvalue weighted by Gasteiger charge is -2.19. The van der Waals surface area contributed by atoms with Crippen LogP contribution in [0.25, 0.3) is 0 Å². The summed E-state index contributed by atoms with van der Waals surface area (Å²) in [5.41, 5.74) is 5.31.